The molecule has 0 aliphatic carbocycles. The molecular weight excluding hydrogens is 222 g/mol. The van der Waals surface area contributed by atoms with Crippen LogP contribution in [0.3, 0.4) is 0 Å². The Morgan fingerprint density at radius 1 is 1.50 bits per heavy atom. The van der Waals surface area contributed by atoms with E-state index >= 15 is 0 Å². The summed E-state index contributed by atoms with van der Waals surface area (Å²) in [5.41, 5.74) is 2.40. The van der Waals surface area contributed by atoms with Crippen molar-refractivity contribution in [1.82, 2.24) is 5.32 Å². The molecule has 0 bridgehead atoms. The van der Waals surface area contributed by atoms with Gasteiger partial charge in [-0.25, -0.2) is 0 Å². The standard InChI is InChI=1S/C13H16ClNO/c1-10-4-3-5-12(8-10)6-7-13(16)15-9-11(2)14/h3-5,8H,2,6-7,9H2,1H3,(H,15,16). The minimum atomic E-state index is 0.00306. The van der Waals surface area contributed by atoms with Crippen molar-refractivity contribution in [1.29, 1.82) is 0 Å². The van der Waals surface area contributed by atoms with E-state index in [0.717, 1.165) is 6.42 Å². The third-order valence-corrected chi connectivity index (χ3v) is 2.33. The second-order valence-electron chi connectivity index (χ2n) is 3.78. The van der Waals surface area contributed by atoms with Crippen LogP contribution in [0.2, 0.25) is 0 Å². The maximum Gasteiger partial charge on any atom is 0.220 e. The van der Waals surface area contributed by atoms with E-state index in [4.69, 9.17) is 11.6 Å². The predicted octanol–water partition coefficient (Wildman–Crippen LogP) is 2.80. The normalized spacial score (nSPS) is 9.88. The van der Waals surface area contributed by atoms with E-state index in [1.54, 1.807) is 0 Å². The number of carbonyl (C=O) groups is 1. The maximum absolute atomic E-state index is 11.4. The zero-order chi connectivity index (χ0) is 12.0. The first-order chi connectivity index (χ1) is 7.58. The first-order valence-corrected chi connectivity index (χ1v) is 5.61. The fourth-order valence-electron chi connectivity index (χ4n) is 1.41. The Kier molecular flexibility index (Phi) is 5.06. The van der Waals surface area contributed by atoms with Gasteiger partial charge in [0.2, 0.25) is 5.91 Å². The third kappa shape index (κ3) is 4.99. The molecule has 0 aliphatic rings. The van der Waals surface area contributed by atoms with Gasteiger partial charge in [0.05, 0.1) is 6.54 Å². The number of benzene rings is 1. The second kappa shape index (κ2) is 6.33. The van der Waals surface area contributed by atoms with Gasteiger partial charge in [-0.3, -0.25) is 4.79 Å². The van der Waals surface area contributed by atoms with E-state index in [0.29, 0.717) is 18.0 Å². The Labute approximate surface area is 101 Å². The molecule has 1 rings (SSSR count). The lowest BCUT2D eigenvalue weighted by molar-refractivity contribution is -0.120. The number of carbonyl (C=O) groups excluding carboxylic acids is 1. The summed E-state index contributed by atoms with van der Waals surface area (Å²) >= 11 is 5.55. The van der Waals surface area contributed by atoms with Crippen LogP contribution in [-0.4, -0.2) is 12.5 Å². The Morgan fingerprint density at radius 2 is 2.25 bits per heavy atom. The molecule has 1 N–H and O–H groups in total. The number of hydrogen-bond donors (Lipinski definition) is 1. The van der Waals surface area contributed by atoms with Crippen molar-refractivity contribution < 1.29 is 4.79 Å². The van der Waals surface area contributed by atoms with Crippen LogP contribution < -0.4 is 5.32 Å². The lowest BCUT2D eigenvalue weighted by atomic mass is 10.1. The summed E-state index contributed by atoms with van der Waals surface area (Å²) < 4.78 is 0. The number of aryl methyl sites for hydroxylation is 2. The number of hydrogen-bond acceptors (Lipinski definition) is 1. The first-order valence-electron chi connectivity index (χ1n) is 5.23. The smallest absolute Gasteiger partial charge is 0.220 e. The van der Waals surface area contributed by atoms with Gasteiger partial charge in [-0.2, -0.15) is 0 Å². The maximum atomic E-state index is 11.4. The molecule has 0 unspecified atom stereocenters. The van der Waals surface area contributed by atoms with Crippen molar-refractivity contribution in [2.45, 2.75) is 19.8 Å². The van der Waals surface area contributed by atoms with Crippen molar-refractivity contribution in [3.63, 3.8) is 0 Å². The van der Waals surface area contributed by atoms with Gasteiger partial charge in [-0.1, -0.05) is 48.0 Å². The fraction of sp³-hybridized carbons (Fsp3) is 0.308. The molecule has 86 valence electrons. The lowest BCUT2D eigenvalue weighted by Gasteiger charge is -2.04. The molecule has 0 aromatic heterocycles. The van der Waals surface area contributed by atoms with Gasteiger partial charge in [-0.05, 0) is 18.9 Å². The average molecular weight is 238 g/mol. The quantitative estimate of drug-likeness (QED) is 0.839. The highest BCUT2D eigenvalue weighted by atomic mass is 35.5. The van der Waals surface area contributed by atoms with Crippen molar-refractivity contribution >= 4 is 17.5 Å². The Hall–Kier alpha value is -1.28. The van der Waals surface area contributed by atoms with Crippen molar-refractivity contribution in [2.24, 2.45) is 0 Å². The monoisotopic (exact) mass is 237 g/mol. The highest BCUT2D eigenvalue weighted by Crippen LogP contribution is 2.06. The molecule has 0 saturated carbocycles. The van der Waals surface area contributed by atoms with E-state index in [2.05, 4.69) is 18.0 Å². The molecule has 2 nitrogen and oxygen atoms in total. The molecule has 0 fully saturated rings. The topological polar surface area (TPSA) is 29.1 Å². The van der Waals surface area contributed by atoms with Crippen molar-refractivity contribution in [3.05, 3.63) is 47.0 Å². The fourth-order valence-corrected chi connectivity index (χ4v) is 1.48. The summed E-state index contributed by atoms with van der Waals surface area (Å²) in [6.45, 7) is 5.89. The molecule has 0 aliphatic heterocycles. The molecule has 3 heteroatoms. The lowest BCUT2D eigenvalue weighted by Crippen LogP contribution is -2.24. The summed E-state index contributed by atoms with van der Waals surface area (Å²) in [6.07, 6.45) is 1.23. The molecule has 16 heavy (non-hydrogen) atoms. The molecular formula is C13H16ClNO. The Bertz CT molecular complexity index is 387. The zero-order valence-corrected chi connectivity index (χ0v) is 10.2. The molecule has 0 atom stereocenters. The summed E-state index contributed by atoms with van der Waals surface area (Å²) in [7, 11) is 0. The SMILES string of the molecule is C=C(Cl)CNC(=O)CCc1cccc(C)c1. The third-order valence-electron chi connectivity index (χ3n) is 2.20. The second-order valence-corrected chi connectivity index (χ2v) is 4.32. The number of rotatable bonds is 5. The summed E-state index contributed by atoms with van der Waals surface area (Å²) in [4.78, 5) is 11.4. The van der Waals surface area contributed by atoms with Gasteiger partial charge >= 0.3 is 0 Å². The number of nitrogens with one attached hydrogen (secondary N) is 1. The molecule has 0 heterocycles. The highest BCUT2D eigenvalue weighted by molar-refractivity contribution is 6.29. The van der Waals surface area contributed by atoms with E-state index in [1.165, 1.54) is 11.1 Å². The molecule has 1 aromatic rings. The largest absolute Gasteiger partial charge is 0.351 e. The van der Waals surface area contributed by atoms with Gasteiger partial charge < -0.3 is 5.32 Å². The van der Waals surface area contributed by atoms with Gasteiger partial charge in [0.25, 0.3) is 0 Å². The van der Waals surface area contributed by atoms with Gasteiger partial charge in [0, 0.05) is 11.5 Å². The highest BCUT2D eigenvalue weighted by Gasteiger charge is 2.02. The number of amides is 1. The zero-order valence-electron chi connectivity index (χ0n) is 9.42. The molecule has 1 amide bonds. The molecule has 1 aromatic carbocycles. The van der Waals surface area contributed by atoms with Crippen LogP contribution in [0.25, 0.3) is 0 Å². The van der Waals surface area contributed by atoms with E-state index in [1.807, 2.05) is 25.1 Å². The van der Waals surface area contributed by atoms with E-state index in [-0.39, 0.29) is 5.91 Å². The van der Waals surface area contributed by atoms with Gasteiger partial charge in [-0.15, -0.1) is 0 Å². The van der Waals surface area contributed by atoms with Crippen LogP contribution in [0, 0.1) is 6.92 Å². The first kappa shape index (κ1) is 12.8. The molecule has 0 spiro atoms. The van der Waals surface area contributed by atoms with Crippen molar-refractivity contribution in [2.75, 3.05) is 6.54 Å². The summed E-state index contributed by atoms with van der Waals surface area (Å²) in [5.74, 6) is 0.00306. The van der Waals surface area contributed by atoms with Crippen LogP contribution >= 0.6 is 11.6 Å². The minimum Gasteiger partial charge on any atom is -0.351 e. The summed E-state index contributed by atoms with van der Waals surface area (Å²) in [5, 5.41) is 3.14. The number of halogens is 1. The van der Waals surface area contributed by atoms with Crippen LogP contribution in [0.15, 0.2) is 35.9 Å². The van der Waals surface area contributed by atoms with E-state index in [9.17, 15) is 4.79 Å². The predicted molar refractivity (Wildman–Crippen MR) is 67.5 cm³/mol. The average Bonchev–Trinajstić information content (AvgIpc) is 2.23. The van der Waals surface area contributed by atoms with Crippen LogP contribution in [-0.2, 0) is 11.2 Å². The Morgan fingerprint density at radius 3 is 2.88 bits per heavy atom. The van der Waals surface area contributed by atoms with E-state index < -0.39 is 0 Å². The van der Waals surface area contributed by atoms with Crippen LogP contribution in [0.4, 0.5) is 0 Å². The minimum absolute atomic E-state index is 0.00306. The van der Waals surface area contributed by atoms with Crippen LogP contribution in [0.1, 0.15) is 17.5 Å². The van der Waals surface area contributed by atoms with Crippen molar-refractivity contribution in [3.8, 4) is 0 Å². The van der Waals surface area contributed by atoms with Crippen LogP contribution in [0.5, 0.6) is 0 Å². The summed E-state index contributed by atoms with van der Waals surface area (Å²) in [6, 6.07) is 8.17. The van der Waals surface area contributed by atoms with Gasteiger partial charge in [0.15, 0.2) is 0 Å². The Balaban J connectivity index is 2.34. The molecule has 0 saturated heterocycles. The van der Waals surface area contributed by atoms with Gasteiger partial charge in [0.1, 0.15) is 0 Å². The molecule has 0 radical (unpaired) electrons.